The van der Waals surface area contributed by atoms with Crippen LogP contribution in [0.25, 0.3) is 0 Å². The Morgan fingerprint density at radius 3 is 2.62 bits per heavy atom. The lowest BCUT2D eigenvalue weighted by Crippen LogP contribution is -2.48. The van der Waals surface area contributed by atoms with Gasteiger partial charge in [0.05, 0.1) is 6.10 Å². The fourth-order valence-electron chi connectivity index (χ4n) is 1.64. The molecule has 1 rings (SSSR count). The van der Waals surface area contributed by atoms with Gasteiger partial charge in [-0.25, -0.2) is 9.48 Å². The summed E-state index contributed by atoms with van der Waals surface area (Å²) >= 11 is 0. The standard InChI is InChI=1S/C13H19N3O5/c1-3-4-7-16-10(18)6-5-9(15-16)12(19)14-11(8(2)17)13(20)21/h5-6,8,11,17H,3-4,7H2,1-2H3,(H,14,19)(H,20,21). The molecule has 116 valence electrons. The third kappa shape index (κ3) is 4.67. The molecule has 0 spiro atoms. The molecule has 3 N–H and O–H groups in total. The van der Waals surface area contributed by atoms with Gasteiger partial charge in [0.15, 0.2) is 6.04 Å². The van der Waals surface area contributed by atoms with Gasteiger partial charge < -0.3 is 15.5 Å². The van der Waals surface area contributed by atoms with Crippen LogP contribution in [-0.2, 0) is 11.3 Å². The second-order valence-electron chi connectivity index (χ2n) is 4.66. The average Bonchev–Trinajstić information content (AvgIpc) is 2.42. The van der Waals surface area contributed by atoms with Crippen LogP contribution < -0.4 is 10.9 Å². The van der Waals surface area contributed by atoms with Crippen LogP contribution in [0.3, 0.4) is 0 Å². The molecule has 1 amide bonds. The van der Waals surface area contributed by atoms with Crippen molar-refractivity contribution in [3.05, 3.63) is 28.2 Å². The van der Waals surface area contributed by atoms with Gasteiger partial charge in [-0.15, -0.1) is 0 Å². The van der Waals surface area contributed by atoms with E-state index < -0.39 is 24.0 Å². The Morgan fingerprint density at radius 2 is 2.10 bits per heavy atom. The summed E-state index contributed by atoms with van der Waals surface area (Å²) in [6, 6.07) is 0.992. The van der Waals surface area contributed by atoms with Crippen molar-refractivity contribution in [2.24, 2.45) is 0 Å². The summed E-state index contributed by atoms with van der Waals surface area (Å²) in [4.78, 5) is 34.4. The van der Waals surface area contributed by atoms with Gasteiger partial charge in [0.25, 0.3) is 11.5 Å². The largest absolute Gasteiger partial charge is 0.480 e. The van der Waals surface area contributed by atoms with Gasteiger partial charge >= 0.3 is 5.97 Å². The Balaban J connectivity index is 2.92. The minimum absolute atomic E-state index is 0.0717. The number of hydrogen-bond donors (Lipinski definition) is 3. The molecule has 0 aliphatic rings. The molecule has 0 aliphatic carbocycles. The van der Waals surface area contributed by atoms with E-state index in [2.05, 4.69) is 10.4 Å². The van der Waals surface area contributed by atoms with Crippen LogP contribution >= 0.6 is 0 Å². The van der Waals surface area contributed by atoms with Gasteiger partial charge in [-0.05, 0) is 19.4 Å². The second-order valence-corrected chi connectivity index (χ2v) is 4.66. The van der Waals surface area contributed by atoms with Crippen LogP contribution in [0, 0.1) is 0 Å². The number of hydrogen-bond acceptors (Lipinski definition) is 5. The molecular weight excluding hydrogens is 278 g/mol. The first kappa shape index (κ1) is 16.8. The monoisotopic (exact) mass is 297 g/mol. The molecule has 21 heavy (non-hydrogen) atoms. The number of aromatic nitrogens is 2. The Bertz CT molecular complexity index is 567. The van der Waals surface area contributed by atoms with Gasteiger partial charge in [0.2, 0.25) is 0 Å². The Labute approximate surface area is 121 Å². The van der Waals surface area contributed by atoms with E-state index in [9.17, 15) is 19.5 Å². The SMILES string of the molecule is CCCCn1nc(C(=O)NC(C(=O)O)C(C)O)ccc1=O. The lowest BCUT2D eigenvalue weighted by molar-refractivity contribution is -0.141. The van der Waals surface area contributed by atoms with Crippen LogP contribution in [0.5, 0.6) is 0 Å². The van der Waals surface area contributed by atoms with Crippen LogP contribution in [0.2, 0.25) is 0 Å². The number of carboxylic acids is 1. The highest BCUT2D eigenvalue weighted by Gasteiger charge is 2.26. The summed E-state index contributed by atoms with van der Waals surface area (Å²) < 4.78 is 1.16. The first-order valence-electron chi connectivity index (χ1n) is 6.66. The van der Waals surface area contributed by atoms with E-state index in [-0.39, 0.29) is 11.3 Å². The zero-order valence-corrected chi connectivity index (χ0v) is 11.9. The van der Waals surface area contributed by atoms with Crippen molar-refractivity contribution < 1.29 is 19.8 Å². The number of aliphatic carboxylic acids is 1. The molecule has 0 saturated carbocycles. The van der Waals surface area contributed by atoms with Crippen LogP contribution in [0.15, 0.2) is 16.9 Å². The maximum absolute atomic E-state index is 11.9. The number of nitrogens with zero attached hydrogens (tertiary/aromatic N) is 2. The van der Waals surface area contributed by atoms with Crippen molar-refractivity contribution in [3.8, 4) is 0 Å². The molecule has 8 heteroatoms. The lowest BCUT2D eigenvalue weighted by atomic mass is 10.2. The molecule has 2 unspecified atom stereocenters. The number of carbonyl (C=O) groups is 2. The molecule has 0 fully saturated rings. The average molecular weight is 297 g/mol. The Kier molecular flexibility index (Phi) is 6.04. The Morgan fingerprint density at radius 1 is 1.43 bits per heavy atom. The van der Waals surface area contributed by atoms with E-state index in [0.29, 0.717) is 6.54 Å². The normalized spacial score (nSPS) is 13.5. The van der Waals surface area contributed by atoms with Crippen molar-refractivity contribution in [2.75, 3.05) is 0 Å². The van der Waals surface area contributed by atoms with Crippen molar-refractivity contribution in [2.45, 2.75) is 45.4 Å². The molecule has 8 nitrogen and oxygen atoms in total. The van der Waals surface area contributed by atoms with E-state index in [0.717, 1.165) is 17.5 Å². The number of carboxylic acid groups (broad SMARTS) is 1. The summed E-state index contributed by atoms with van der Waals surface area (Å²) in [6.07, 6.45) is 0.356. The molecule has 1 aromatic heterocycles. The number of rotatable bonds is 7. The third-order valence-corrected chi connectivity index (χ3v) is 2.86. The highest BCUT2D eigenvalue weighted by molar-refractivity contribution is 5.94. The van der Waals surface area contributed by atoms with Crippen LogP contribution in [0.4, 0.5) is 0 Å². The van der Waals surface area contributed by atoms with Crippen LogP contribution in [0.1, 0.15) is 37.2 Å². The molecule has 0 saturated heterocycles. The zero-order valence-electron chi connectivity index (χ0n) is 11.9. The van der Waals surface area contributed by atoms with Crippen molar-refractivity contribution in [3.63, 3.8) is 0 Å². The van der Waals surface area contributed by atoms with Gasteiger partial charge in [0, 0.05) is 12.6 Å². The first-order valence-corrected chi connectivity index (χ1v) is 6.66. The number of nitrogens with one attached hydrogen (secondary N) is 1. The molecule has 0 radical (unpaired) electrons. The quantitative estimate of drug-likeness (QED) is 0.630. The number of aryl methyl sites for hydroxylation is 1. The first-order chi connectivity index (χ1) is 9.86. The van der Waals surface area contributed by atoms with E-state index in [1.54, 1.807) is 0 Å². The van der Waals surface area contributed by atoms with Crippen molar-refractivity contribution in [1.82, 2.24) is 15.1 Å². The number of unbranched alkanes of at least 4 members (excludes halogenated alkanes) is 1. The van der Waals surface area contributed by atoms with Crippen molar-refractivity contribution >= 4 is 11.9 Å². The highest BCUT2D eigenvalue weighted by Crippen LogP contribution is 1.98. The highest BCUT2D eigenvalue weighted by atomic mass is 16.4. The van der Waals surface area contributed by atoms with Gasteiger partial charge in [-0.3, -0.25) is 9.59 Å². The number of amides is 1. The van der Waals surface area contributed by atoms with Gasteiger partial charge in [0.1, 0.15) is 5.69 Å². The smallest absolute Gasteiger partial charge is 0.328 e. The number of aliphatic hydroxyl groups is 1. The topological polar surface area (TPSA) is 122 Å². The third-order valence-electron chi connectivity index (χ3n) is 2.86. The van der Waals surface area contributed by atoms with E-state index in [1.165, 1.54) is 19.1 Å². The second kappa shape index (κ2) is 7.53. The molecule has 2 atom stereocenters. The van der Waals surface area contributed by atoms with Crippen molar-refractivity contribution in [1.29, 1.82) is 0 Å². The maximum Gasteiger partial charge on any atom is 0.328 e. The molecule has 1 heterocycles. The minimum Gasteiger partial charge on any atom is -0.480 e. The summed E-state index contributed by atoms with van der Waals surface area (Å²) in [6.45, 7) is 3.60. The lowest BCUT2D eigenvalue weighted by Gasteiger charge is -2.16. The Hall–Kier alpha value is -2.22. The van der Waals surface area contributed by atoms with E-state index in [1.807, 2.05) is 6.92 Å². The molecular formula is C13H19N3O5. The molecule has 0 bridgehead atoms. The predicted octanol–water partition coefficient (Wildman–Crippen LogP) is -0.393. The van der Waals surface area contributed by atoms with Gasteiger partial charge in [-0.1, -0.05) is 13.3 Å². The summed E-state index contributed by atoms with van der Waals surface area (Å²) in [5.41, 5.74) is -0.400. The fraction of sp³-hybridized carbons (Fsp3) is 0.538. The number of aliphatic hydroxyl groups excluding tert-OH is 1. The number of carbonyl (C=O) groups excluding carboxylic acids is 1. The fourth-order valence-corrected chi connectivity index (χ4v) is 1.64. The molecule has 0 aliphatic heterocycles. The zero-order chi connectivity index (χ0) is 16.0. The summed E-state index contributed by atoms with van der Waals surface area (Å²) in [7, 11) is 0. The minimum atomic E-state index is -1.43. The summed E-state index contributed by atoms with van der Waals surface area (Å²) in [5.74, 6) is -2.11. The molecule has 0 aromatic carbocycles. The summed E-state index contributed by atoms with van der Waals surface area (Å²) in [5, 5.41) is 24.3. The van der Waals surface area contributed by atoms with E-state index in [4.69, 9.17) is 5.11 Å². The van der Waals surface area contributed by atoms with E-state index >= 15 is 0 Å². The predicted molar refractivity (Wildman–Crippen MR) is 74.0 cm³/mol. The maximum atomic E-state index is 11.9. The van der Waals surface area contributed by atoms with Crippen LogP contribution in [-0.4, -0.2) is 44.0 Å². The van der Waals surface area contributed by atoms with Gasteiger partial charge in [-0.2, -0.15) is 5.10 Å². The molecule has 1 aromatic rings.